The topological polar surface area (TPSA) is 77.4 Å². The molecule has 1 aliphatic rings. The van der Waals surface area contributed by atoms with Crippen LogP contribution in [0.25, 0.3) is 0 Å². The zero-order valence-corrected chi connectivity index (χ0v) is 17.2. The summed E-state index contributed by atoms with van der Waals surface area (Å²) in [6.45, 7) is 4.45. The lowest BCUT2D eigenvalue weighted by Crippen LogP contribution is -2.20. The van der Waals surface area contributed by atoms with Crippen LogP contribution in [-0.4, -0.2) is 57.2 Å². The average molecular weight is 410 g/mol. The summed E-state index contributed by atoms with van der Waals surface area (Å²) >= 11 is 6.29. The molecule has 6 nitrogen and oxygen atoms in total. The average Bonchev–Trinajstić information content (AvgIpc) is 2.67. The summed E-state index contributed by atoms with van der Waals surface area (Å²) in [7, 11) is 1.61. The van der Waals surface area contributed by atoms with Gasteiger partial charge in [0.2, 0.25) is 0 Å². The van der Waals surface area contributed by atoms with Crippen molar-refractivity contribution in [3.8, 4) is 5.75 Å². The molecule has 0 radical (unpaired) electrons. The lowest BCUT2D eigenvalue weighted by atomic mass is 9.82. The maximum atomic E-state index is 12.6. The molecular weight excluding hydrogens is 382 g/mol. The van der Waals surface area contributed by atoms with Crippen LogP contribution in [0, 0.1) is 0 Å². The van der Waals surface area contributed by atoms with Gasteiger partial charge >= 0.3 is 0 Å². The number of para-hydroxylation sites is 1. The third kappa shape index (κ3) is 6.33. The number of carbonyl (C=O) groups excluding carboxylic acids is 1. The van der Waals surface area contributed by atoms with Crippen molar-refractivity contribution < 1.29 is 24.1 Å². The van der Waals surface area contributed by atoms with Gasteiger partial charge in [-0.1, -0.05) is 30.7 Å². The van der Waals surface area contributed by atoms with E-state index in [2.05, 4.69) is 4.99 Å². The van der Waals surface area contributed by atoms with Gasteiger partial charge in [0.25, 0.3) is 0 Å². The Morgan fingerprint density at radius 2 is 2.07 bits per heavy atom. The predicted molar refractivity (Wildman–Crippen MR) is 110 cm³/mol. The number of Topliss-reactive ketones (excluding diaryl/α,β-unsaturated/α-hetero) is 1. The number of hydrogen-bond acceptors (Lipinski definition) is 6. The summed E-state index contributed by atoms with van der Waals surface area (Å²) in [6, 6.07) is 5.50. The van der Waals surface area contributed by atoms with Crippen LogP contribution in [0.5, 0.6) is 5.75 Å². The van der Waals surface area contributed by atoms with E-state index in [9.17, 15) is 9.90 Å². The molecule has 154 valence electrons. The van der Waals surface area contributed by atoms with E-state index in [0.717, 1.165) is 12.0 Å². The fourth-order valence-electron chi connectivity index (χ4n) is 3.00. The molecule has 1 aromatic rings. The van der Waals surface area contributed by atoms with Crippen molar-refractivity contribution in [3.63, 3.8) is 0 Å². The number of benzene rings is 1. The first-order valence-electron chi connectivity index (χ1n) is 9.51. The van der Waals surface area contributed by atoms with Crippen molar-refractivity contribution in [3.05, 3.63) is 40.1 Å². The van der Waals surface area contributed by atoms with Crippen molar-refractivity contribution in [2.45, 2.75) is 32.1 Å². The molecule has 1 atom stereocenters. The largest absolute Gasteiger partial charge is 0.511 e. The fraction of sp³-hybridized carbons (Fsp3) is 0.524. The van der Waals surface area contributed by atoms with Gasteiger partial charge in [0.1, 0.15) is 11.5 Å². The lowest BCUT2D eigenvalue weighted by Gasteiger charge is -2.24. The van der Waals surface area contributed by atoms with E-state index in [0.29, 0.717) is 50.2 Å². The Bertz CT molecular complexity index is 717. The van der Waals surface area contributed by atoms with Gasteiger partial charge in [-0.3, -0.25) is 9.79 Å². The van der Waals surface area contributed by atoms with Crippen LogP contribution in [0.3, 0.4) is 0 Å². The number of allylic oxidation sites excluding steroid dienone is 2. The second-order valence-electron chi connectivity index (χ2n) is 6.54. The van der Waals surface area contributed by atoms with E-state index in [1.165, 1.54) is 6.21 Å². The first-order valence-corrected chi connectivity index (χ1v) is 9.89. The van der Waals surface area contributed by atoms with Crippen molar-refractivity contribution in [1.82, 2.24) is 0 Å². The number of aliphatic imine (C=N–C) groups is 1. The van der Waals surface area contributed by atoms with E-state index < -0.39 is 0 Å². The highest BCUT2D eigenvalue weighted by Crippen LogP contribution is 2.40. The number of ether oxygens (including phenoxy) is 3. The zero-order valence-electron chi connectivity index (χ0n) is 16.4. The number of aliphatic hydroxyl groups is 1. The van der Waals surface area contributed by atoms with Gasteiger partial charge in [-0.25, -0.2) is 0 Å². The Morgan fingerprint density at radius 3 is 2.79 bits per heavy atom. The molecule has 0 saturated carbocycles. The second-order valence-corrected chi connectivity index (χ2v) is 6.94. The fourth-order valence-corrected chi connectivity index (χ4v) is 3.23. The second kappa shape index (κ2) is 11.8. The van der Waals surface area contributed by atoms with Gasteiger partial charge in [-0.15, -0.1) is 0 Å². The molecule has 1 aromatic carbocycles. The normalized spacial score (nSPS) is 17.5. The maximum Gasteiger partial charge on any atom is 0.168 e. The van der Waals surface area contributed by atoms with Gasteiger partial charge in [-0.2, -0.15) is 0 Å². The summed E-state index contributed by atoms with van der Waals surface area (Å²) in [5.74, 6) is 0.334. The summed E-state index contributed by atoms with van der Waals surface area (Å²) in [4.78, 5) is 16.8. The molecular formula is C21H28ClNO5. The number of halogens is 1. The van der Waals surface area contributed by atoms with Crippen molar-refractivity contribution in [1.29, 1.82) is 0 Å². The monoisotopic (exact) mass is 409 g/mol. The van der Waals surface area contributed by atoms with Gasteiger partial charge < -0.3 is 19.3 Å². The number of carbonyl (C=O) groups is 1. The van der Waals surface area contributed by atoms with E-state index in [1.807, 2.05) is 19.1 Å². The molecule has 0 heterocycles. The number of aliphatic hydroxyl groups excluding tert-OH is 1. The SMILES string of the molecule is CCCOc1c(Cl)cccc1C1CC(=O)C(C=NCCOCCOC)=C(O)C1. The van der Waals surface area contributed by atoms with Crippen LogP contribution < -0.4 is 4.74 Å². The Labute approximate surface area is 171 Å². The van der Waals surface area contributed by atoms with Gasteiger partial charge in [0, 0.05) is 32.1 Å². The lowest BCUT2D eigenvalue weighted by molar-refractivity contribution is -0.116. The molecule has 0 amide bonds. The van der Waals surface area contributed by atoms with Crippen molar-refractivity contribution in [2.24, 2.45) is 4.99 Å². The molecule has 0 bridgehead atoms. The molecule has 28 heavy (non-hydrogen) atoms. The van der Waals surface area contributed by atoms with E-state index in [4.69, 9.17) is 25.8 Å². The number of rotatable bonds is 11. The standard InChI is InChI=1S/C21H28ClNO5/c1-3-8-28-21-16(5-4-6-18(21)22)15-12-19(24)17(20(25)13-15)14-23-7-9-27-11-10-26-2/h4-6,14-15,24H,3,7-13H2,1-2H3. The molecule has 0 aliphatic heterocycles. The molecule has 1 aliphatic carbocycles. The van der Waals surface area contributed by atoms with Gasteiger partial charge in [0.15, 0.2) is 5.78 Å². The molecule has 0 spiro atoms. The quantitative estimate of drug-likeness (QED) is 0.439. The third-order valence-corrected chi connectivity index (χ3v) is 4.69. The highest BCUT2D eigenvalue weighted by Gasteiger charge is 2.30. The summed E-state index contributed by atoms with van der Waals surface area (Å²) in [5.41, 5.74) is 1.12. The Hall–Kier alpha value is -1.89. The van der Waals surface area contributed by atoms with Gasteiger partial charge in [0.05, 0.1) is 43.6 Å². The van der Waals surface area contributed by atoms with Crippen LogP contribution in [0.4, 0.5) is 0 Å². The predicted octanol–water partition coefficient (Wildman–Crippen LogP) is 4.12. The summed E-state index contributed by atoms with van der Waals surface area (Å²) < 4.78 is 16.0. The highest BCUT2D eigenvalue weighted by atomic mass is 35.5. The maximum absolute atomic E-state index is 12.6. The Morgan fingerprint density at radius 1 is 1.25 bits per heavy atom. The number of ketones is 1. The van der Waals surface area contributed by atoms with Crippen LogP contribution >= 0.6 is 11.6 Å². The molecule has 1 N–H and O–H groups in total. The number of nitrogens with zero attached hydrogens (tertiary/aromatic N) is 1. The van der Waals surface area contributed by atoms with Crippen molar-refractivity contribution >= 4 is 23.6 Å². The van der Waals surface area contributed by atoms with E-state index in [-0.39, 0.29) is 29.5 Å². The zero-order chi connectivity index (χ0) is 20.4. The molecule has 0 fully saturated rings. The van der Waals surface area contributed by atoms with E-state index >= 15 is 0 Å². The van der Waals surface area contributed by atoms with Crippen molar-refractivity contribution in [2.75, 3.05) is 40.1 Å². The van der Waals surface area contributed by atoms with Crippen LogP contribution in [0.1, 0.15) is 37.7 Å². The van der Waals surface area contributed by atoms with Gasteiger partial charge in [-0.05, 0) is 18.1 Å². The molecule has 7 heteroatoms. The molecule has 0 saturated heterocycles. The Balaban J connectivity index is 2.04. The highest BCUT2D eigenvalue weighted by molar-refractivity contribution is 6.32. The first-order chi connectivity index (χ1) is 13.6. The number of hydrogen-bond donors (Lipinski definition) is 1. The van der Waals surface area contributed by atoms with Crippen LogP contribution in [-0.2, 0) is 14.3 Å². The van der Waals surface area contributed by atoms with E-state index in [1.54, 1.807) is 13.2 Å². The smallest absolute Gasteiger partial charge is 0.168 e. The first kappa shape index (κ1) is 22.4. The number of methoxy groups -OCH3 is 1. The summed E-state index contributed by atoms with van der Waals surface area (Å²) in [5, 5.41) is 10.9. The summed E-state index contributed by atoms with van der Waals surface area (Å²) in [6.07, 6.45) is 2.92. The minimum absolute atomic E-state index is 0.0479. The minimum atomic E-state index is -0.174. The third-order valence-electron chi connectivity index (χ3n) is 4.39. The molecule has 2 rings (SSSR count). The van der Waals surface area contributed by atoms with Crippen LogP contribution in [0.2, 0.25) is 5.02 Å². The van der Waals surface area contributed by atoms with Crippen LogP contribution in [0.15, 0.2) is 34.5 Å². The molecule has 0 aromatic heterocycles. The minimum Gasteiger partial charge on any atom is -0.511 e. The Kier molecular flexibility index (Phi) is 9.47. The molecule has 1 unspecified atom stereocenters.